The fraction of sp³-hybridized carbons (Fsp3) is 0.357. The summed E-state index contributed by atoms with van der Waals surface area (Å²) in [5, 5.41) is 3.83. The van der Waals surface area contributed by atoms with E-state index in [-0.39, 0.29) is 13.8 Å². The Morgan fingerprint density at radius 2 is 1.96 bits per heavy atom. The number of rotatable bonds is 3. The number of halogens is 3. The van der Waals surface area contributed by atoms with E-state index in [0.29, 0.717) is 24.4 Å². The summed E-state index contributed by atoms with van der Waals surface area (Å²) in [7, 11) is -3.82. The first-order valence-electron chi connectivity index (χ1n) is 6.90. The Hall–Kier alpha value is -0.770. The second-order valence-electron chi connectivity index (χ2n) is 5.34. The molecule has 1 fully saturated rings. The number of aromatic nitrogens is 1. The Kier molecular flexibility index (Phi) is 4.65. The molecule has 5 nitrogen and oxygen atoms in total. The minimum absolute atomic E-state index is 0.0158. The van der Waals surface area contributed by atoms with Gasteiger partial charge >= 0.3 is 0 Å². The van der Waals surface area contributed by atoms with Crippen molar-refractivity contribution in [3.63, 3.8) is 0 Å². The van der Waals surface area contributed by atoms with Crippen molar-refractivity contribution in [2.75, 3.05) is 6.54 Å². The molecule has 2 aromatic rings. The molecule has 1 aromatic carbocycles. The summed E-state index contributed by atoms with van der Waals surface area (Å²) in [4.78, 5) is 0.0158. The highest BCUT2D eigenvalue weighted by atomic mass is 79.9. The molecule has 0 N–H and O–H groups in total. The summed E-state index contributed by atoms with van der Waals surface area (Å²) in [6.07, 6.45) is 1.38. The summed E-state index contributed by atoms with van der Waals surface area (Å²) in [5.74, 6) is 0.00413. The Bertz CT molecular complexity index is 830. The molecule has 0 bridgehead atoms. The molecule has 1 aromatic heterocycles. The van der Waals surface area contributed by atoms with Crippen molar-refractivity contribution in [1.82, 2.24) is 9.46 Å². The van der Waals surface area contributed by atoms with Gasteiger partial charge in [0.1, 0.15) is 10.7 Å². The van der Waals surface area contributed by atoms with Crippen molar-refractivity contribution in [1.29, 1.82) is 0 Å². The van der Waals surface area contributed by atoms with Gasteiger partial charge in [0.2, 0.25) is 10.0 Å². The van der Waals surface area contributed by atoms with Crippen LogP contribution in [0.4, 0.5) is 4.39 Å². The van der Waals surface area contributed by atoms with Crippen LogP contribution in [0, 0.1) is 12.7 Å². The fourth-order valence-electron chi connectivity index (χ4n) is 2.75. The zero-order valence-electron chi connectivity index (χ0n) is 12.1. The van der Waals surface area contributed by atoms with Crippen LogP contribution in [-0.4, -0.2) is 24.4 Å². The van der Waals surface area contributed by atoms with E-state index in [2.05, 4.69) is 37.0 Å². The van der Waals surface area contributed by atoms with Crippen LogP contribution in [0.1, 0.15) is 30.3 Å². The molecule has 1 aliphatic heterocycles. The summed E-state index contributed by atoms with van der Waals surface area (Å²) in [5.41, 5.74) is 0.702. The molecule has 1 atom stereocenters. The van der Waals surface area contributed by atoms with Gasteiger partial charge in [-0.3, -0.25) is 0 Å². The maximum absolute atomic E-state index is 13.4. The van der Waals surface area contributed by atoms with Crippen LogP contribution in [0.5, 0.6) is 0 Å². The highest BCUT2D eigenvalue weighted by Gasteiger charge is 2.40. The maximum Gasteiger partial charge on any atom is 0.245 e. The van der Waals surface area contributed by atoms with Gasteiger partial charge in [0.25, 0.3) is 0 Å². The molecule has 124 valence electrons. The van der Waals surface area contributed by atoms with Crippen molar-refractivity contribution >= 4 is 41.9 Å². The van der Waals surface area contributed by atoms with E-state index in [0.717, 1.165) is 18.6 Å². The van der Waals surface area contributed by atoms with Gasteiger partial charge in [-0.15, -0.1) is 0 Å². The maximum atomic E-state index is 13.4. The summed E-state index contributed by atoms with van der Waals surface area (Å²) >= 11 is 6.30. The van der Waals surface area contributed by atoms with Gasteiger partial charge in [-0.05, 0) is 63.8 Å². The predicted octanol–water partition coefficient (Wildman–Crippen LogP) is 4.17. The minimum Gasteiger partial charge on any atom is -0.359 e. The Labute approximate surface area is 150 Å². The third kappa shape index (κ3) is 3.11. The standard InChI is InChI=1S/C14H13Br2FN2O3S/c1-8-5-13(22-18-8)12-3-2-4-19(12)23(20,21)14-10(15)6-9(17)7-11(14)16/h5-7,12H,2-4H2,1H3. The predicted molar refractivity (Wildman–Crippen MR) is 88.9 cm³/mol. The van der Waals surface area contributed by atoms with E-state index in [1.165, 1.54) is 4.31 Å². The highest BCUT2D eigenvalue weighted by molar-refractivity contribution is 9.11. The van der Waals surface area contributed by atoms with Gasteiger partial charge < -0.3 is 4.52 Å². The minimum atomic E-state index is -3.82. The Balaban J connectivity index is 2.06. The fourth-order valence-corrected chi connectivity index (χ4v) is 6.86. The van der Waals surface area contributed by atoms with Crippen LogP contribution in [0.15, 0.2) is 36.6 Å². The molecule has 0 aliphatic carbocycles. The van der Waals surface area contributed by atoms with E-state index in [1.807, 2.05) is 0 Å². The number of aryl methyl sites for hydroxylation is 1. The number of hydrogen-bond acceptors (Lipinski definition) is 4. The molecule has 2 heterocycles. The molecule has 0 saturated carbocycles. The van der Waals surface area contributed by atoms with Crippen LogP contribution in [0.2, 0.25) is 0 Å². The van der Waals surface area contributed by atoms with E-state index >= 15 is 0 Å². The van der Waals surface area contributed by atoms with Crippen molar-refractivity contribution in [2.45, 2.75) is 30.7 Å². The Morgan fingerprint density at radius 1 is 1.30 bits per heavy atom. The van der Waals surface area contributed by atoms with Gasteiger partial charge in [-0.2, -0.15) is 4.31 Å². The van der Waals surface area contributed by atoms with Crippen molar-refractivity contribution in [3.8, 4) is 0 Å². The van der Waals surface area contributed by atoms with Gasteiger partial charge in [0, 0.05) is 21.6 Å². The smallest absolute Gasteiger partial charge is 0.245 e. The lowest BCUT2D eigenvalue weighted by Crippen LogP contribution is -2.31. The largest absolute Gasteiger partial charge is 0.359 e. The van der Waals surface area contributed by atoms with Crippen molar-refractivity contribution in [3.05, 3.63) is 44.4 Å². The summed E-state index contributed by atoms with van der Waals surface area (Å²) in [6.45, 7) is 2.16. The van der Waals surface area contributed by atoms with Gasteiger partial charge in [0.05, 0.1) is 11.7 Å². The molecule has 1 unspecified atom stereocenters. The lowest BCUT2D eigenvalue weighted by molar-refractivity contribution is 0.297. The third-order valence-electron chi connectivity index (χ3n) is 3.71. The number of hydrogen-bond donors (Lipinski definition) is 0. The number of benzene rings is 1. The number of nitrogens with zero attached hydrogens (tertiary/aromatic N) is 2. The average molecular weight is 468 g/mol. The zero-order chi connectivity index (χ0) is 16.8. The van der Waals surface area contributed by atoms with E-state index in [4.69, 9.17) is 4.52 Å². The van der Waals surface area contributed by atoms with Crippen molar-refractivity contribution < 1.29 is 17.3 Å². The first-order valence-corrected chi connectivity index (χ1v) is 9.93. The van der Waals surface area contributed by atoms with Crippen LogP contribution >= 0.6 is 31.9 Å². The molecule has 9 heteroatoms. The molecule has 0 spiro atoms. The average Bonchev–Trinajstić information content (AvgIpc) is 3.05. The van der Waals surface area contributed by atoms with E-state index in [1.54, 1.807) is 13.0 Å². The lowest BCUT2D eigenvalue weighted by Gasteiger charge is -2.23. The molecule has 1 aliphatic rings. The SMILES string of the molecule is Cc1cc(C2CCCN2S(=O)(=O)c2c(Br)cc(F)cc2Br)on1. The molecular formula is C14H13Br2FN2O3S. The molecular weight excluding hydrogens is 455 g/mol. The first-order chi connectivity index (χ1) is 10.8. The summed E-state index contributed by atoms with van der Waals surface area (Å²) in [6, 6.07) is 3.63. The molecule has 3 rings (SSSR count). The first kappa shape index (κ1) is 17.1. The topological polar surface area (TPSA) is 63.4 Å². The Morgan fingerprint density at radius 3 is 2.52 bits per heavy atom. The van der Waals surface area contributed by atoms with Crippen molar-refractivity contribution in [2.24, 2.45) is 0 Å². The van der Waals surface area contributed by atoms with Crippen LogP contribution in [-0.2, 0) is 10.0 Å². The normalized spacial score (nSPS) is 19.4. The lowest BCUT2D eigenvalue weighted by atomic mass is 10.2. The van der Waals surface area contributed by atoms with E-state index < -0.39 is 21.9 Å². The second kappa shape index (κ2) is 6.27. The number of sulfonamides is 1. The van der Waals surface area contributed by atoms with Gasteiger partial charge in [-0.1, -0.05) is 5.16 Å². The van der Waals surface area contributed by atoms with Crippen LogP contribution in [0.3, 0.4) is 0 Å². The quantitative estimate of drug-likeness (QED) is 0.679. The van der Waals surface area contributed by atoms with E-state index in [9.17, 15) is 12.8 Å². The van der Waals surface area contributed by atoms with Crippen LogP contribution < -0.4 is 0 Å². The highest BCUT2D eigenvalue weighted by Crippen LogP contribution is 2.40. The van der Waals surface area contributed by atoms with Gasteiger partial charge in [-0.25, -0.2) is 12.8 Å². The molecule has 0 amide bonds. The van der Waals surface area contributed by atoms with Crippen LogP contribution in [0.25, 0.3) is 0 Å². The summed E-state index contributed by atoms with van der Waals surface area (Å²) < 4.78 is 46.5. The molecule has 0 radical (unpaired) electrons. The second-order valence-corrected chi connectivity index (χ2v) is 8.88. The monoisotopic (exact) mass is 466 g/mol. The zero-order valence-corrected chi connectivity index (χ0v) is 16.1. The van der Waals surface area contributed by atoms with Gasteiger partial charge in [0.15, 0.2) is 5.76 Å². The third-order valence-corrected chi connectivity index (χ3v) is 7.49. The molecule has 1 saturated heterocycles. The molecule has 23 heavy (non-hydrogen) atoms.